The molecule has 1 aliphatic rings. The average Bonchev–Trinajstić information content (AvgIpc) is 2.97. The lowest BCUT2D eigenvalue weighted by Crippen LogP contribution is -2.43. The van der Waals surface area contributed by atoms with Crippen molar-refractivity contribution in [3.63, 3.8) is 0 Å². The van der Waals surface area contributed by atoms with Crippen molar-refractivity contribution >= 4 is 11.7 Å². The smallest absolute Gasteiger partial charge is 0.321 e. The van der Waals surface area contributed by atoms with E-state index in [2.05, 4.69) is 10.5 Å². The van der Waals surface area contributed by atoms with Crippen LogP contribution in [0.2, 0.25) is 0 Å². The molecule has 1 heterocycles. The molecular weight excluding hydrogens is 258 g/mol. The van der Waals surface area contributed by atoms with Crippen molar-refractivity contribution in [1.29, 1.82) is 0 Å². The van der Waals surface area contributed by atoms with Crippen molar-refractivity contribution in [2.24, 2.45) is 0 Å². The summed E-state index contributed by atoms with van der Waals surface area (Å²) in [5.74, 6) is 0.670. The van der Waals surface area contributed by atoms with Gasteiger partial charge in [-0.25, -0.2) is 4.79 Å². The van der Waals surface area contributed by atoms with Gasteiger partial charge in [-0.05, 0) is 19.8 Å². The van der Waals surface area contributed by atoms with Crippen LogP contribution in [-0.2, 0) is 6.42 Å². The highest BCUT2D eigenvalue weighted by atomic mass is 16.5. The van der Waals surface area contributed by atoms with E-state index in [0.29, 0.717) is 30.1 Å². The molecular formula is C14H23N3O3. The molecule has 2 amide bonds. The van der Waals surface area contributed by atoms with Gasteiger partial charge in [-0.3, -0.25) is 0 Å². The van der Waals surface area contributed by atoms with Gasteiger partial charge in [-0.15, -0.1) is 0 Å². The van der Waals surface area contributed by atoms with Crippen molar-refractivity contribution in [1.82, 2.24) is 10.1 Å². The first kappa shape index (κ1) is 14.8. The molecule has 6 heteroatoms. The third-order valence-corrected chi connectivity index (χ3v) is 3.90. The van der Waals surface area contributed by atoms with E-state index in [1.165, 1.54) is 4.90 Å². The van der Waals surface area contributed by atoms with E-state index < -0.39 is 5.60 Å². The molecule has 6 nitrogen and oxygen atoms in total. The molecule has 0 atom stereocenters. The number of carbonyl (C=O) groups is 1. The van der Waals surface area contributed by atoms with E-state index in [1.54, 1.807) is 14.0 Å². The van der Waals surface area contributed by atoms with Gasteiger partial charge in [0.1, 0.15) is 11.4 Å². The number of hydrogen-bond donors (Lipinski definition) is 2. The SMILES string of the molecule is CCc1onc(C)c1NC(=O)N(C)CC1(O)CCCC1. The highest BCUT2D eigenvalue weighted by Crippen LogP contribution is 2.30. The number of nitrogens with one attached hydrogen (secondary N) is 1. The largest absolute Gasteiger partial charge is 0.388 e. The van der Waals surface area contributed by atoms with Gasteiger partial charge in [0.15, 0.2) is 5.76 Å². The fraction of sp³-hybridized carbons (Fsp3) is 0.714. The maximum atomic E-state index is 12.2. The second-order valence-corrected chi connectivity index (χ2v) is 5.64. The quantitative estimate of drug-likeness (QED) is 0.887. The van der Waals surface area contributed by atoms with Crippen molar-refractivity contribution in [2.45, 2.75) is 51.6 Å². The molecule has 1 aromatic rings. The molecule has 0 bridgehead atoms. The summed E-state index contributed by atoms with van der Waals surface area (Å²) in [6, 6.07) is -0.244. The monoisotopic (exact) mass is 281 g/mol. The second-order valence-electron chi connectivity index (χ2n) is 5.64. The van der Waals surface area contributed by atoms with E-state index in [9.17, 15) is 9.90 Å². The standard InChI is InChI=1S/C14H23N3O3/c1-4-11-12(10(2)16-20-11)15-13(18)17(3)9-14(19)7-5-6-8-14/h19H,4-9H2,1-3H3,(H,15,18). The zero-order valence-corrected chi connectivity index (χ0v) is 12.4. The summed E-state index contributed by atoms with van der Waals surface area (Å²) in [5.41, 5.74) is 0.578. The predicted octanol–water partition coefficient (Wildman–Crippen LogP) is 2.31. The van der Waals surface area contributed by atoms with Gasteiger partial charge in [-0.2, -0.15) is 0 Å². The van der Waals surface area contributed by atoms with Crippen molar-refractivity contribution < 1.29 is 14.4 Å². The van der Waals surface area contributed by atoms with Crippen molar-refractivity contribution in [2.75, 3.05) is 18.9 Å². The van der Waals surface area contributed by atoms with Crippen molar-refractivity contribution in [3.8, 4) is 0 Å². The van der Waals surface area contributed by atoms with E-state index in [-0.39, 0.29) is 6.03 Å². The van der Waals surface area contributed by atoms with Crippen LogP contribution in [0.1, 0.15) is 44.1 Å². The van der Waals surface area contributed by atoms with E-state index in [0.717, 1.165) is 25.7 Å². The Hall–Kier alpha value is -1.56. The number of aryl methyl sites for hydroxylation is 2. The van der Waals surface area contributed by atoms with Gasteiger partial charge in [0.2, 0.25) is 0 Å². The van der Waals surface area contributed by atoms with Crippen LogP contribution in [0.15, 0.2) is 4.52 Å². The summed E-state index contributed by atoms with van der Waals surface area (Å²) in [7, 11) is 1.69. The Morgan fingerprint density at radius 2 is 2.15 bits per heavy atom. The highest BCUT2D eigenvalue weighted by Gasteiger charge is 2.33. The number of likely N-dealkylation sites (N-methyl/N-ethyl adjacent to an activating group) is 1. The Balaban J connectivity index is 1.98. The van der Waals surface area contributed by atoms with Gasteiger partial charge in [0.25, 0.3) is 0 Å². The molecule has 0 spiro atoms. The van der Waals surface area contributed by atoms with Gasteiger partial charge in [-0.1, -0.05) is 24.9 Å². The zero-order chi connectivity index (χ0) is 14.8. The van der Waals surface area contributed by atoms with E-state index in [1.807, 2.05) is 6.92 Å². The van der Waals surface area contributed by atoms with Gasteiger partial charge in [0, 0.05) is 13.5 Å². The minimum Gasteiger partial charge on any atom is -0.388 e. The maximum absolute atomic E-state index is 12.2. The summed E-state index contributed by atoms with van der Waals surface area (Å²) in [4.78, 5) is 13.7. The number of carbonyl (C=O) groups excluding carboxylic acids is 1. The molecule has 0 unspecified atom stereocenters. The first-order chi connectivity index (χ1) is 9.45. The lowest BCUT2D eigenvalue weighted by Gasteiger charge is -2.28. The fourth-order valence-electron chi connectivity index (χ4n) is 2.72. The Morgan fingerprint density at radius 3 is 2.75 bits per heavy atom. The summed E-state index contributed by atoms with van der Waals surface area (Å²) < 4.78 is 5.15. The molecule has 0 saturated heterocycles. The molecule has 1 fully saturated rings. The molecule has 1 saturated carbocycles. The van der Waals surface area contributed by atoms with Crippen LogP contribution in [0.5, 0.6) is 0 Å². The number of hydrogen-bond acceptors (Lipinski definition) is 4. The lowest BCUT2D eigenvalue weighted by atomic mass is 10.0. The summed E-state index contributed by atoms with van der Waals surface area (Å²) in [6.07, 6.45) is 4.24. The second kappa shape index (κ2) is 5.83. The van der Waals surface area contributed by atoms with Gasteiger partial charge >= 0.3 is 6.03 Å². The number of urea groups is 1. The molecule has 0 aliphatic heterocycles. The Morgan fingerprint density at radius 1 is 1.50 bits per heavy atom. The Labute approximate surface area is 119 Å². The number of rotatable bonds is 4. The summed E-state index contributed by atoms with van der Waals surface area (Å²) in [6.45, 7) is 4.09. The average molecular weight is 281 g/mol. The Kier molecular flexibility index (Phi) is 4.32. The molecule has 1 aromatic heterocycles. The topological polar surface area (TPSA) is 78.6 Å². The molecule has 2 rings (SSSR count). The summed E-state index contributed by atoms with van der Waals surface area (Å²) >= 11 is 0. The molecule has 20 heavy (non-hydrogen) atoms. The van der Waals surface area contributed by atoms with Crippen LogP contribution >= 0.6 is 0 Å². The molecule has 2 N–H and O–H groups in total. The third kappa shape index (κ3) is 3.12. The van der Waals surface area contributed by atoms with Crippen LogP contribution in [0.4, 0.5) is 10.5 Å². The minimum atomic E-state index is -0.733. The number of aliphatic hydroxyl groups is 1. The van der Waals surface area contributed by atoms with Gasteiger partial charge in [0.05, 0.1) is 12.1 Å². The number of anilines is 1. The van der Waals surface area contributed by atoms with Crippen LogP contribution in [-0.4, -0.2) is 40.4 Å². The third-order valence-electron chi connectivity index (χ3n) is 3.90. The van der Waals surface area contributed by atoms with Crippen molar-refractivity contribution in [3.05, 3.63) is 11.5 Å². The minimum absolute atomic E-state index is 0.244. The van der Waals surface area contributed by atoms with Crippen LogP contribution in [0, 0.1) is 6.92 Å². The highest BCUT2D eigenvalue weighted by molar-refractivity contribution is 5.90. The normalized spacial score (nSPS) is 17.2. The first-order valence-corrected chi connectivity index (χ1v) is 7.15. The number of aromatic nitrogens is 1. The fourth-order valence-corrected chi connectivity index (χ4v) is 2.72. The number of nitrogens with zero attached hydrogens (tertiary/aromatic N) is 2. The van der Waals surface area contributed by atoms with Gasteiger partial charge < -0.3 is 19.8 Å². The van der Waals surface area contributed by atoms with Crippen LogP contribution in [0.25, 0.3) is 0 Å². The summed E-state index contributed by atoms with van der Waals surface area (Å²) in [5, 5.41) is 17.0. The lowest BCUT2D eigenvalue weighted by molar-refractivity contribution is 0.0261. The Bertz CT molecular complexity index is 478. The zero-order valence-electron chi connectivity index (χ0n) is 12.4. The van der Waals surface area contributed by atoms with Crippen LogP contribution in [0.3, 0.4) is 0 Å². The molecule has 1 aliphatic carbocycles. The first-order valence-electron chi connectivity index (χ1n) is 7.15. The van der Waals surface area contributed by atoms with E-state index >= 15 is 0 Å². The molecule has 112 valence electrons. The maximum Gasteiger partial charge on any atom is 0.321 e. The van der Waals surface area contributed by atoms with Crippen LogP contribution < -0.4 is 5.32 Å². The molecule has 0 aromatic carbocycles. The predicted molar refractivity (Wildman–Crippen MR) is 75.7 cm³/mol. The van der Waals surface area contributed by atoms with E-state index in [4.69, 9.17) is 4.52 Å². The molecule has 0 radical (unpaired) electrons. The number of amides is 2.